The van der Waals surface area contributed by atoms with E-state index in [1.807, 2.05) is 6.92 Å². The molecule has 1 heterocycles. The molecule has 0 saturated carbocycles. The van der Waals surface area contributed by atoms with E-state index in [9.17, 15) is 0 Å². The molecule has 14 heavy (non-hydrogen) atoms. The standard InChI is InChI=1S/C8H17NO5/c1-2-10-3-4-11-5-6-12-7-8-13-9-14-8/h8-9H,2-7H2,1H3. The van der Waals surface area contributed by atoms with E-state index in [0.717, 1.165) is 6.61 Å². The third-order valence-corrected chi connectivity index (χ3v) is 1.56. The summed E-state index contributed by atoms with van der Waals surface area (Å²) in [5.41, 5.74) is 2.21. The smallest absolute Gasteiger partial charge is 0.225 e. The Kier molecular flexibility index (Phi) is 6.85. The summed E-state index contributed by atoms with van der Waals surface area (Å²) in [6, 6.07) is 0. The number of rotatable bonds is 9. The van der Waals surface area contributed by atoms with Gasteiger partial charge in [0, 0.05) is 6.61 Å². The molecule has 1 aliphatic rings. The molecule has 0 radical (unpaired) electrons. The zero-order chi connectivity index (χ0) is 10.1. The van der Waals surface area contributed by atoms with Gasteiger partial charge in [-0.25, -0.2) is 9.68 Å². The lowest BCUT2D eigenvalue weighted by atomic mass is 10.6. The van der Waals surface area contributed by atoms with Gasteiger partial charge in [0.1, 0.15) is 6.61 Å². The molecule has 1 aliphatic heterocycles. The first-order valence-corrected chi connectivity index (χ1v) is 4.73. The van der Waals surface area contributed by atoms with Gasteiger partial charge < -0.3 is 14.2 Å². The van der Waals surface area contributed by atoms with Crippen LogP contribution in [0.3, 0.4) is 0 Å². The highest BCUT2D eigenvalue weighted by atomic mass is 17.1. The van der Waals surface area contributed by atoms with Crippen LogP contribution in [-0.2, 0) is 23.9 Å². The van der Waals surface area contributed by atoms with Crippen molar-refractivity contribution in [1.29, 1.82) is 0 Å². The van der Waals surface area contributed by atoms with Crippen molar-refractivity contribution in [2.75, 3.05) is 39.6 Å². The van der Waals surface area contributed by atoms with Gasteiger partial charge >= 0.3 is 0 Å². The fraction of sp³-hybridized carbons (Fsp3) is 1.00. The predicted molar refractivity (Wildman–Crippen MR) is 47.2 cm³/mol. The summed E-state index contributed by atoms with van der Waals surface area (Å²) in [5.74, 6) is 0. The molecule has 1 N–H and O–H groups in total. The average Bonchev–Trinajstić information content (AvgIpc) is 2.13. The molecule has 0 unspecified atom stereocenters. The highest BCUT2D eigenvalue weighted by Gasteiger charge is 2.18. The van der Waals surface area contributed by atoms with Crippen molar-refractivity contribution in [2.45, 2.75) is 13.2 Å². The van der Waals surface area contributed by atoms with E-state index < -0.39 is 0 Å². The molecule has 1 fully saturated rings. The van der Waals surface area contributed by atoms with Crippen LogP contribution in [0.4, 0.5) is 0 Å². The quantitative estimate of drug-likeness (QED) is 0.530. The van der Waals surface area contributed by atoms with Gasteiger partial charge in [-0.3, -0.25) is 0 Å². The molecular formula is C8H17NO5. The first-order chi connectivity index (χ1) is 6.93. The van der Waals surface area contributed by atoms with Crippen molar-refractivity contribution in [3.63, 3.8) is 0 Å². The predicted octanol–water partition coefficient (Wildman–Crippen LogP) is -0.151. The van der Waals surface area contributed by atoms with Gasteiger partial charge in [-0.15, -0.1) is 0 Å². The molecule has 1 rings (SSSR count). The summed E-state index contributed by atoms with van der Waals surface area (Å²) in [5, 5.41) is 0. The van der Waals surface area contributed by atoms with Gasteiger partial charge in [0.25, 0.3) is 0 Å². The maximum atomic E-state index is 5.22. The van der Waals surface area contributed by atoms with Crippen LogP contribution < -0.4 is 5.64 Å². The summed E-state index contributed by atoms with van der Waals surface area (Å²) >= 11 is 0. The maximum absolute atomic E-state index is 5.22. The van der Waals surface area contributed by atoms with Gasteiger partial charge in [-0.2, -0.15) is 0 Å². The van der Waals surface area contributed by atoms with E-state index in [4.69, 9.17) is 23.9 Å². The van der Waals surface area contributed by atoms with Gasteiger partial charge in [0.05, 0.1) is 26.4 Å². The molecule has 0 amide bonds. The minimum atomic E-state index is -0.279. The van der Waals surface area contributed by atoms with Gasteiger partial charge in [-0.1, -0.05) is 5.64 Å². The summed E-state index contributed by atoms with van der Waals surface area (Å²) < 4.78 is 15.5. The second-order valence-corrected chi connectivity index (χ2v) is 2.63. The Morgan fingerprint density at radius 1 is 1.00 bits per heavy atom. The van der Waals surface area contributed by atoms with E-state index in [1.54, 1.807) is 0 Å². The zero-order valence-corrected chi connectivity index (χ0v) is 8.36. The second kappa shape index (κ2) is 8.10. The molecule has 1 saturated heterocycles. The molecule has 0 spiro atoms. The minimum absolute atomic E-state index is 0.279. The SMILES string of the molecule is CCOCCOCCOCC1ONO1. The summed E-state index contributed by atoms with van der Waals surface area (Å²) in [6.45, 7) is 5.44. The van der Waals surface area contributed by atoms with Crippen molar-refractivity contribution < 1.29 is 23.9 Å². The van der Waals surface area contributed by atoms with Crippen molar-refractivity contribution in [1.82, 2.24) is 5.64 Å². The van der Waals surface area contributed by atoms with Gasteiger partial charge in [0.2, 0.25) is 6.29 Å². The van der Waals surface area contributed by atoms with E-state index >= 15 is 0 Å². The van der Waals surface area contributed by atoms with E-state index in [-0.39, 0.29) is 6.29 Å². The number of nitrogens with one attached hydrogen (secondary N) is 1. The maximum Gasteiger partial charge on any atom is 0.225 e. The molecule has 6 heteroatoms. The fourth-order valence-electron chi connectivity index (χ4n) is 0.846. The number of ether oxygens (including phenoxy) is 3. The molecule has 0 aromatic carbocycles. The van der Waals surface area contributed by atoms with Crippen molar-refractivity contribution in [3.05, 3.63) is 0 Å². The Hall–Kier alpha value is -0.240. The van der Waals surface area contributed by atoms with Crippen LogP contribution in [0.5, 0.6) is 0 Å². The van der Waals surface area contributed by atoms with Crippen LogP contribution in [-0.4, -0.2) is 45.9 Å². The third kappa shape index (κ3) is 5.48. The van der Waals surface area contributed by atoms with E-state index in [0.29, 0.717) is 33.0 Å². The van der Waals surface area contributed by atoms with Crippen LogP contribution in [0, 0.1) is 0 Å². The van der Waals surface area contributed by atoms with Crippen LogP contribution in [0.25, 0.3) is 0 Å². The summed E-state index contributed by atoms with van der Waals surface area (Å²) in [6.07, 6.45) is -0.279. The lowest BCUT2D eigenvalue weighted by molar-refractivity contribution is -0.421. The normalized spacial score (nSPS) is 16.9. The molecule has 0 aromatic rings. The van der Waals surface area contributed by atoms with Crippen molar-refractivity contribution in [3.8, 4) is 0 Å². The first kappa shape index (κ1) is 11.8. The Balaban J connectivity index is 1.67. The van der Waals surface area contributed by atoms with Crippen molar-refractivity contribution >= 4 is 0 Å². The monoisotopic (exact) mass is 207 g/mol. The topological polar surface area (TPSA) is 58.2 Å². The highest BCUT2D eigenvalue weighted by Crippen LogP contribution is 1.99. The Bertz CT molecular complexity index is 131. The Morgan fingerprint density at radius 3 is 2.21 bits per heavy atom. The Labute approximate surface area is 83.3 Å². The van der Waals surface area contributed by atoms with Crippen LogP contribution in [0.15, 0.2) is 0 Å². The van der Waals surface area contributed by atoms with Crippen LogP contribution >= 0.6 is 0 Å². The highest BCUT2D eigenvalue weighted by molar-refractivity contribution is 4.41. The number of hydrogen-bond donors (Lipinski definition) is 1. The molecule has 0 atom stereocenters. The zero-order valence-electron chi connectivity index (χ0n) is 8.36. The van der Waals surface area contributed by atoms with Crippen LogP contribution in [0.2, 0.25) is 0 Å². The first-order valence-electron chi connectivity index (χ1n) is 4.73. The summed E-state index contributed by atoms with van der Waals surface area (Å²) in [7, 11) is 0. The van der Waals surface area contributed by atoms with Crippen molar-refractivity contribution in [2.24, 2.45) is 0 Å². The molecular weight excluding hydrogens is 190 g/mol. The molecule has 6 nitrogen and oxygen atoms in total. The minimum Gasteiger partial charge on any atom is -0.379 e. The fourth-order valence-corrected chi connectivity index (χ4v) is 0.846. The van der Waals surface area contributed by atoms with Crippen LogP contribution in [0.1, 0.15) is 6.92 Å². The molecule has 0 aliphatic carbocycles. The van der Waals surface area contributed by atoms with Gasteiger partial charge in [-0.05, 0) is 6.92 Å². The lowest BCUT2D eigenvalue weighted by Gasteiger charge is -2.25. The van der Waals surface area contributed by atoms with Gasteiger partial charge in [0.15, 0.2) is 0 Å². The second-order valence-electron chi connectivity index (χ2n) is 2.63. The van der Waals surface area contributed by atoms with E-state index in [1.165, 1.54) is 0 Å². The number of hydrogen-bond acceptors (Lipinski definition) is 6. The lowest BCUT2D eigenvalue weighted by Crippen LogP contribution is -2.44. The van der Waals surface area contributed by atoms with E-state index in [2.05, 4.69) is 5.64 Å². The molecule has 0 aromatic heterocycles. The average molecular weight is 207 g/mol. The Morgan fingerprint density at radius 2 is 1.64 bits per heavy atom. The summed E-state index contributed by atoms with van der Waals surface area (Å²) in [4.78, 5) is 9.46. The largest absolute Gasteiger partial charge is 0.379 e. The third-order valence-electron chi connectivity index (χ3n) is 1.56. The molecule has 84 valence electrons. The molecule has 0 bridgehead atoms.